The molecule has 0 bridgehead atoms. The van der Waals surface area contributed by atoms with Crippen LogP contribution in [0.2, 0.25) is 0 Å². The highest BCUT2D eigenvalue weighted by atomic mass is 19.1. The number of ether oxygens (including phenoxy) is 2. The zero-order valence-corrected chi connectivity index (χ0v) is 7.79. The summed E-state index contributed by atoms with van der Waals surface area (Å²) in [7, 11) is 1.54. The Morgan fingerprint density at radius 3 is 2.85 bits per heavy atom. The number of benzene rings is 1. The van der Waals surface area contributed by atoms with Gasteiger partial charge in [-0.1, -0.05) is 12.1 Å². The molecule has 0 N–H and O–H groups in total. The van der Waals surface area contributed by atoms with E-state index in [1.165, 1.54) is 6.92 Å². The fourth-order valence-electron chi connectivity index (χ4n) is 0.979. The van der Waals surface area contributed by atoms with Gasteiger partial charge in [-0.3, -0.25) is 0 Å². The van der Waals surface area contributed by atoms with E-state index in [2.05, 4.69) is 0 Å². The average Bonchev–Trinajstić information content (AvgIpc) is 2.15. The molecule has 0 aromatic heterocycles. The predicted octanol–water partition coefficient (Wildman–Crippen LogP) is 2.70. The van der Waals surface area contributed by atoms with Gasteiger partial charge >= 0.3 is 0 Å². The fourth-order valence-corrected chi connectivity index (χ4v) is 0.979. The Kier molecular flexibility index (Phi) is 3.71. The zero-order valence-electron chi connectivity index (χ0n) is 7.79. The maximum atomic E-state index is 12.8. The van der Waals surface area contributed by atoms with Gasteiger partial charge in [0.25, 0.3) is 0 Å². The molecule has 1 rings (SSSR count). The molecule has 1 unspecified atom stereocenters. The largest absolute Gasteiger partial charge is 0.468 e. The number of hydrogen-bond donors (Lipinski definition) is 0. The minimum absolute atomic E-state index is 0.185. The maximum Gasteiger partial charge on any atom is 0.188 e. The van der Waals surface area contributed by atoms with Gasteiger partial charge < -0.3 is 9.47 Å². The highest BCUT2D eigenvalue weighted by Crippen LogP contribution is 2.21. The molecule has 0 radical (unpaired) electrons. The normalized spacial score (nSPS) is 12.5. The second-order valence-corrected chi connectivity index (χ2v) is 2.74. The van der Waals surface area contributed by atoms with Gasteiger partial charge in [0.2, 0.25) is 0 Å². The van der Waals surface area contributed by atoms with Gasteiger partial charge in [0.05, 0.1) is 0 Å². The van der Waals surface area contributed by atoms with Crippen LogP contribution in [0.5, 0.6) is 5.75 Å². The standard InChI is InChI=1S/C10H13FO2/c1-8(11)9-4-3-5-10(6-9)13-7-12-2/h3-6,8H,7H2,1-2H3. The van der Waals surface area contributed by atoms with E-state index in [0.29, 0.717) is 11.3 Å². The lowest BCUT2D eigenvalue weighted by atomic mass is 10.1. The fraction of sp³-hybridized carbons (Fsp3) is 0.400. The van der Waals surface area contributed by atoms with E-state index in [1.54, 1.807) is 31.4 Å². The third-order valence-corrected chi connectivity index (χ3v) is 1.66. The third-order valence-electron chi connectivity index (χ3n) is 1.66. The lowest BCUT2D eigenvalue weighted by molar-refractivity contribution is 0.0510. The first kappa shape index (κ1) is 9.99. The molecule has 2 nitrogen and oxygen atoms in total. The minimum atomic E-state index is -0.967. The Morgan fingerprint density at radius 2 is 2.23 bits per heavy atom. The molecule has 0 aliphatic heterocycles. The Hall–Kier alpha value is -1.09. The molecule has 0 amide bonds. The number of rotatable bonds is 4. The topological polar surface area (TPSA) is 18.5 Å². The molecule has 1 aromatic carbocycles. The smallest absolute Gasteiger partial charge is 0.188 e. The highest BCUT2D eigenvalue weighted by Gasteiger charge is 2.03. The van der Waals surface area contributed by atoms with Crippen LogP contribution in [0.15, 0.2) is 24.3 Å². The predicted molar refractivity (Wildman–Crippen MR) is 48.5 cm³/mol. The van der Waals surface area contributed by atoms with E-state index in [4.69, 9.17) is 9.47 Å². The third kappa shape index (κ3) is 3.03. The Balaban J connectivity index is 2.68. The van der Waals surface area contributed by atoms with Crippen molar-refractivity contribution in [2.45, 2.75) is 13.1 Å². The zero-order chi connectivity index (χ0) is 9.68. The molecule has 3 heteroatoms. The van der Waals surface area contributed by atoms with Crippen LogP contribution < -0.4 is 4.74 Å². The van der Waals surface area contributed by atoms with Gasteiger partial charge in [-0.15, -0.1) is 0 Å². The van der Waals surface area contributed by atoms with Crippen molar-refractivity contribution < 1.29 is 13.9 Å². The monoisotopic (exact) mass is 184 g/mol. The van der Waals surface area contributed by atoms with Crippen LogP contribution in [0.4, 0.5) is 4.39 Å². The van der Waals surface area contributed by atoms with Gasteiger partial charge in [0, 0.05) is 7.11 Å². The van der Waals surface area contributed by atoms with Crippen molar-refractivity contribution >= 4 is 0 Å². The van der Waals surface area contributed by atoms with Crippen LogP contribution >= 0.6 is 0 Å². The van der Waals surface area contributed by atoms with Crippen LogP contribution in [0.3, 0.4) is 0 Å². The van der Waals surface area contributed by atoms with Crippen LogP contribution in [-0.4, -0.2) is 13.9 Å². The Morgan fingerprint density at radius 1 is 1.46 bits per heavy atom. The maximum absolute atomic E-state index is 12.8. The summed E-state index contributed by atoms with van der Waals surface area (Å²) in [5.74, 6) is 0.629. The van der Waals surface area contributed by atoms with Crippen molar-refractivity contribution in [2.24, 2.45) is 0 Å². The molecule has 0 saturated carbocycles. The van der Waals surface area contributed by atoms with Crippen LogP contribution in [-0.2, 0) is 4.74 Å². The minimum Gasteiger partial charge on any atom is -0.468 e. The lowest BCUT2D eigenvalue weighted by Crippen LogP contribution is -1.99. The summed E-state index contributed by atoms with van der Waals surface area (Å²) in [5, 5.41) is 0. The van der Waals surface area contributed by atoms with Crippen molar-refractivity contribution in [2.75, 3.05) is 13.9 Å². The molecular formula is C10H13FO2. The Bertz CT molecular complexity index is 261. The number of methoxy groups -OCH3 is 1. The summed E-state index contributed by atoms with van der Waals surface area (Å²) in [5.41, 5.74) is 0.619. The van der Waals surface area contributed by atoms with Crippen LogP contribution in [0, 0.1) is 0 Å². The molecular weight excluding hydrogens is 171 g/mol. The summed E-state index contributed by atoms with van der Waals surface area (Å²) in [4.78, 5) is 0. The molecule has 0 fully saturated rings. The van der Waals surface area contributed by atoms with Crippen molar-refractivity contribution in [3.05, 3.63) is 29.8 Å². The van der Waals surface area contributed by atoms with E-state index >= 15 is 0 Å². The molecule has 72 valence electrons. The van der Waals surface area contributed by atoms with E-state index in [1.807, 2.05) is 0 Å². The van der Waals surface area contributed by atoms with Gasteiger partial charge in [0.1, 0.15) is 11.9 Å². The average molecular weight is 184 g/mol. The first-order chi connectivity index (χ1) is 6.24. The molecule has 13 heavy (non-hydrogen) atoms. The molecule has 0 spiro atoms. The summed E-state index contributed by atoms with van der Waals surface area (Å²) in [6.45, 7) is 1.68. The van der Waals surface area contributed by atoms with Crippen molar-refractivity contribution in [1.82, 2.24) is 0 Å². The van der Waals surface area contributed by atoms with Crippen molar-refractivity contribution in [1.29, 1.82) is 0 Å². The van der Waals surface area contributed by atoms with E-state index in [0.717, 1.165) is 0 Å². The summed E-state index contributed by atoms with van der Waals surface area (Å²) < 4.78 is 22.7. The lowest BCUT2D eigenvalue weighted by Gasteiger charge is -2.07. The van der Waals surface area contributed by atoms with Crippen LogP contribution in [0.1, 0.15) is 18.7 Å². The summed E-state index contributed by atoms with van der Waals surface area (Å²) in [6.07, 6.45) is -0.967. The quantitative estimate of drug-likeness (QED) is 0.670. The van der Waals surface area contributed by atoms with Gasteiger partial charge in [0.15, 0.2) is 6.79 Å². The SMILES string of the molecule is COCOc1cccc(C(C)F)c1. The summed E-state index contributed by atoms with van der Waals surface area (Å²) >= 11 is 0. The molecule has 0 heterocycles. The summed E-state index contributed by atoms with van der Waals surface area (Å²) in [6, 6.07) is 6.93. The first-order valence-electron chi connectivity index (χ1n) is 4.10. The highest BCUT2D eigenvalue weighted by molar-refractivity contribution is 5.29. The van der Waals surface area contributed by atoms with Crippen molar-refractivity contribution in [3.63, 3.8) is 0 Å². The first-order valence-corrected chi connectivity index (χ1v) is 4.10. The van der Waals surface area contributed by atoms with Gasteiger partial charge in [-0.05, 0) is 24.6 Å². The molecule has 0 aliphatic rings. The number of alkyl halides is 1. The number of halogens is 1. The molecule has 0 aliphatic carbocycles. The molecule has 0 saturated heterocycles. The van der Waals surface area contributed by atoms with E-state index < -0.39 is 6.17 Å². The van der Waals surface area contributed by atoms with Gasteiger partial charge in [-0.25, -0.2) is 4.39 Å². The van der Waals surface area contributed by atoms with Crippen molar-refractivity contribution in [3.8, 4) is 5.75 Å². The second kappa shape index (κ2) is 4.82. The molecule has 1 aromatic rings. The van der Waals surface area contributed by atoms with Crippen LogP contribution in [0.25, 0.3) is 0 Å². The number of hydrogen-bond acceptors (Lipinski definition) is 2. The van der Waals surface area contributed by atoms with Gasteiger partial charge in [-0.2, -0.15) is 0 Å². The molecule has 1 atom stereocenters. The second-order valence-electron chi connectivity index (χ2n) is 2.74. The van der Waals surface area contributed by atoms with E-state index in [9.17, 15) is 4.39 Å². The van der Waals surface area contributed by atoms with E-state index in [-0.39, 0.29) is 6.79 Å². The Labute approximate surface area is 77.3 Å².